The van der Waals surface area contributed by atoms with Gasteiger partial charge in [0.2, 0.25) is 0 Å². The fourth-order valence-electron chi connectivity index (χ4n) is 1.76. The van der Waals surface area contributed by atoms with E-state index in [1.807, 2.05) is 37.3 Å². The molecule has 0 atom stereocenters. The maximum Gasteiger partial charge on any atom is 0.166 e. The molecule has 1 saturated heterocycles. The summed E-state index contributed by atoms with van der Waals surface area (Å²) in [6.45, 7) is 2.99. The maximum absolute atomic E-state index is 12.1. The number of rotatable bonds is 3. The second-order valence-corrected chi connectivity index (χ2v) is 5.87. The van der Waals surface area contributed by atoms with E-state index >= 15 is 0 Å². The highest BCUT2D eigenvalue weighted by atomic mass is 127. The maximum atomic E-state index is 12.1. The Balaban J connectivity index is 2.06. The Bertz CT molecular complexity index is 462. The molecule has 0 radical (unpaired) electrons. The zero-order chi connectivity index (χ0) is 13.0. The monoisotopic (exact) mass is 358 g/mol. The predicted molar refractivity (Wildman–Crippen MR) is 78.1 cm³/mol. The summed E-state index contributed by atoms with van der Waals surface area (Å²) in [5.74, 6) is 0.0426. The van der Waals surface area contributed by atoms with Crippen LogP contribution in [0.5, 0.6) is 0 Å². The van der Waals surface area contributed by atoms with Crippen LogP contribution in [0.3, 0.4) is 0 Å². The molecule has 1 aromatic carbocycles. The molecular formula is C14H15IO3. The first-order valence-corrected chi connectivity index (χ1v) is 6.82. The smallest absolute Gasteiger partial charge is 0.166 e. The van der Waals surface area contributed by atoms with Gasteiger partial charge in [0.25, 0.3) is 0 Å². The molecular weight excluding hydrogens is 343 g/mol. The highest BCUT2D eigenvalue weighted by Gasteiger charge is 2.34. The van der Waals surface area contributed by atoms with Crippen molar-refractivity contribution in [2.75, 3.05) is 20.0 Å². The van der Waals surface area contributed by atoms with E-state index in [2.05, 4.69) is 22.6 Å². The topological polar surface area (TPSA) is 35.5 Å². The minimum Gasteiger partial charge on any atom is -0.354 e. The lowest BCUT2D eigenvalue weighted by Crippen LogP contribution is -2.40. The number of hydrogen-bond acceptors (Lipinski definition) is 3. The Labute approximate surface area is 120 Å². The van der Waals surface area contributed by atoms with E-state index in [1.54, 1.807) is 6.08 Å². The van der Waals surface area contributed by atoms with Gasteiger partial charge in [0.15, 0.2) is 5.78 Å². The Morgan fingerprint density at radius 3 is 2.78 bits per heavy atom. The lowest BCUT2D eigenvalue weighted by atomic mass is 9.86. The van der Waals surface area contributed by atoms with Crippen LogP contribution < -0.4 is 0 Å². The summed E-state index contributed by atoms with van der Waals surface area (Å²) in [6.07, 6.45) is 3.45. The van der Waals surface area contributed by atoms with Crippen molar-refractivity contribution in [3.05, 3.63) is 39.5 Å². The molecule has 0 aromatic heterocycles. The minimum atomic E-state index is -0.559. The fourth-order valence-corrected chi connectivity index (χ4v) is 2.33. The summed E-state index contributed by atoms with van der Waals surface area (Å²) in [5.41, 5.74) is 0.466. The van der Waals surface area contributed by atoms with Gasteiger partial charge in [-0.05, 0) is 53.3 Å². The van der Waals surface area contributed by atoms with Crippen LogP contribution in [0.15, 0.2) is 30.3 Å². The first kappa shape index (κ1) is 13.7. The van der Waals surface area contributed by atoms with Crippen LogP contribution in [0.2, 0.25) is 0 Å². The molecule has 1 fully saturated rings. The number of ether oxygens (including phenoxy) is 2. The van der Waals surface area contributed by atoms with Gasteiger partial charge in [-0.2, -0.15) is 0 Å². The normalized spacial score (nSPS) is 19.0. The molecule has 0 unspecified atom stereocenters. The van der Waals surface area contributed by atoms with Crippen molar-refractivity contribution in [2.24, 2.45) is 5.41 Å². The van der Waals surface area contributed by atoms with Crippen molar-refractivity contribution in [3.63, 3.8) is 0 Å². The molecule has 0 N–H and O–H groups in total. The molecule has 96 valence electrons. The van der Waals surface area contributed by atoms with Gasteiger partial charge in [-0.15, -0.1) is 0 Å². The highest BCUT2D eigenvalue weighted by Crippen LogP contribution is 2.23. The fraction of sp³-hybridized carbons (Fsp3) is 0.357. The van der Waals surface area contributed by atoms with Gasteiger partial charge in [0.1, 0.15) is 6.79 Å². The molecule has 1 aromatic rings. The first-order chi connectivity index (χ1) is 8.60. The summed E-state index contributed by atoms with van der Waals surface area (Å²) < 4.78 is 11.5. The van der Waals surface area contributed by atoms with Gasteiger partial charge >= 0.3 is 0 Å². The average molecular weight is 358 g/mol. The first-order valence-electron chi connectivity index (χ1n) is 5.74. The van der Waals surface area contributed by atoms with Crippen LogP contribution in [0.4, 0.5) is 0 Å². The molecule has 2 rings (SSSR count). The molecule has 0 bridgehead atoms. The largest absolute Gasteiger partial charge is 0.354 e. The summed E-state index contributed by atoms with van der Waals surface area (Å²) >= 11 is 2.25. The zero-order valence-corrected chi connectivity index (χ0v) is 12.3. The van der Waals surface area contributed by atoms with Gasteiger partial charge in [0, 0.05) is 3.57 Å². The molecule has 0 amide bonds. The predicted octanol–water partition coefficient (Wildman–Crippen LogP) is 2.88. The third kappa shape index (κ3) is 3.40. The molecule has 1 aliphatic rings. The summed E-state index contributed by atoms with van der Waals surface area (Å²) in [4.78, 5) is 12.1. The standard InChI is InChI=1S/C14H15IO3/c1-14(8-17-10-18-9-14)13(16)6-5-11-3-2-4-12(15)7-11/h2-7H,8-10H2,1H3/b6-5+. The molecule has 3 nitrogen and oxygen atoms in total. The van der Waals surface area contributed by atoms with Crippen LogP contribution >= 0.6 is 22.6 Å². The van der Waals surface area contributed by atoms with Gasteiger partial charge in [0.05, 0.1) is 18.6 Å². The lowest BCUT2D eigenvalue weighted by Gasteiger charge is -2.30. The molecule has 18 heavy (non-hydrogen) atoms. The lowest BCUT2D eigenvalue weighted by molar-refractivity contribution is -0.168. The molecule has 1 heterocycles. The second kappa shape index (κ2) is 5.95. The van der Waals surface area contributed by atoms with Crippen molar-refractivity contribution in [1.82, 2.24) is 0 Å². The van der Waals surface area contributed by atoms with Gasteiger partial charge in [-0.3, -0.25) is 4.79 Å². The quantitative estimate of drug-likeness (QED) is 0.616. The second-order valence-electron chi connectivity index (χ2n) is 4.63. The van der Waals surface area contributed by atoms with E-state index in [4.69, 9.17) is 9.47 Å². The summed E-state index contributed by atoms with van der Waals surface area (Å²) in [6, 6.07) is 7.99. The number of benzene rings is 1. The van der Waals surface area contributed by atoms with E-state index in [-0.39, 0.29) is 12.6 Å². The minimum absolute atomic E-state index is 0.0426. The summed E-state index contributed by atoms with van der Waals surface area (Å²) in [5, 5.41) is 0. The number of hydrogen-bond donors (Lipinski definition) is 0. The zero-order valence-electron chi connectivity index (χ0n) is 10.2. The number of carbonyl (C=O) groups excluding carboxylic acids is 1. The van der Waals surface area contributed by atoms with Crippen molar-refractivity contribution >= 4 is 34.5 Å². The number of halogens is 1. The van der Waals surface area contributed by atoms with Gasteiger partial charge in [-0.1, -0.05) is 18.2 Å². The third-order valence-electron chi connectivity index (χ3n) is 2.88. The number of ketones is 1. The average Bonchev–Trinajstić information content (AvgIpc) is 2.37. The van der Waals surface area contributed by atoms with Crippen molar-refractivity contribution in [2.45, 2.75) is 6.92 Å². The molecule has 0 spiro atoms. The number of allylic oxidation sites excluding steroid dienone is 1. The Morgan fingerprint density at radius 2 is 2.11 bits per heavy atom. The van der Waals surface area contributed by atoms with E-state index in [0.717, 1.165) is 9.13 Å². The SMILES string of the molecule is CC1(C(=O)/C=C/c2cccc(I)c2)COCOC1. The molecule has 4 heteroatoms. The van der Waals surface area contributed by atoms with E-state index < -0.39 is 5.41 Å². The van der Waals surface area contributed by atoms with E-state index in [1.165, 1.54) is 0 Å². The van der Waals surface area contributed by atoms with Gasteiger partial charge in [-0.25, -0.2) is 0 Å². The Hall–Kier alpha value is -0.720. The van der Waals surface area contributed by atoms with Crippen LogP contribution in [0.1, 0.15) is 12.5 Å². The van der Waals surface area contributed by atoms with Crippen LogP contribution in [0.25, 0.3) is 6.08 Å². The highest BCUT2D eigenvalue weighted by molar-refractivity contribution is 14.1. The third-order valence-corrected chi connectivity index (χ3v) is 3.55. The van der Waals surface area contributed by atoms with Crippen molar-refractivity contribution in [3.8, 4) is 0 Å². The van der Waals surface area contributed by atoms with Gasteiger partial charge < -0.3 is 9.47 Å². The van der Waals surface area contributed by atoms with Crippen molar-refractivity contribution < 1.29 is 14.3 Å². The Kier molecular flexibility index (Phi) is 4.53. The number of carbonyl (C=O) groups is 1. The van der Waals surface area contributed by atoms with Crippen molar-refractivity contribution in [1.29, 1.82) is 0 Å². The molecule has 0 saturated carbocycles. The Morgan fingerprint density at radius 1 is 1.39 bits per heavy atom. The summed E-state index contributed by atoms with van der Waals surface area (Å²) in [7, 11) is 0. The molecule has 1 aliphatic heterocycles. The van der Waals surface area contributed by atoms with Crippen LogP contribution in [-0.2, 0) is 14.3 Å². The van der Waals surface area contributed by atoms with Crippen LogP contribution in [-0.4, -0.2) is 25.8 Å². The van der Waals surface area contributed by atoms with E-state index in [9.17, 15) is 4.79 Å². The van der Waals surface area contributed by atoms with Crippen LogP contribution in [0, 0.1) is 8.99 Å². The molecule has 0 aliphatic carbocycles. The van der Waals surface area contributed by atoms with E-state index in [0.29, 0.717) is 13.2 Å².